The molecule has 1 N–H and O–H groups in total. The molecule has 0 aliphatic heterocycles. The molecule has 2 aromatic rings. The van der Waals surface area contributed by atoms with E-state index >= 15 is 0 Å². The van der Waals surface area contributed by atoms with Crippen LogP contribution >= 0.6 is 12.2 Å². The molecule has 2 nitrogen and oxygen atoms in total. The lowest BCUT2D eigenvalue weighted by Gasteiger charge is -1.88. The highest BCUT2D eigenvalue weighted by molar-refractivity contribution is 7.71. The Bertz CT molecular complexity index is 441. The zero-order valence-corrected chi connectivity index (χ0v) is 8.87. The molecule has 0 saturated heterocycles. The minimum Gasteiger partial charge on any atom is -0.429 e. The number of hydrogen-bond acceptors (Lipinski definition) is 2. The third-order valence-electron chi connectivity index (χ3n) is 1.58. The Morgan fingerprint density at radius 1 is 1.31 bits per heavy atom. The van der Waals surface area contributed by atoms with Crippen molar-refractivity contribution in [1.82, 2.24) is 4.98 Å². The Morgan fingerprint density at radius 2 is 2.00 bits per heavy atom. The summed E-state index contributed by atoms with van der Waals surface area (Å²) in [5, 5.41) is 0. The van der Waals surface area contributed by atoms with Crippen LogP contribution in [-0.2, 0) is 0 Å². The van der Waals surface area contributed by atoms with Crippen molar-refractivity contribution in [1.29, 1.82) is 0 Å². The SMILES string of the molecule is CC.Cc1ccc2[nH]c(=S)oc2c1. The molecule has 0 amide bonds. The van der Waals surface area contributed by atoms with Crippen LogP contribution in [-0.4, -0.2) is 4.98 Å². The van der Waals surface area contributed by atoms with E-state index in [1.54, 1.807) is 0 Å². The monoisotopic (exact) mass is 195 g/mol. The maximum atomic E-state index is 5.21. The molecule has 70 valence electrons. The van der Waals surface area contributed by atoms with E-state index in [0.717, 1.165) is 11.1 Å². The van der Waals surface area contributed by atoms with Crippen LogP contribution in [0.4, 0.5) is 0 Å². The third kappa shape index (κ3) is 2.18. The van der Waals surface area contributed by atoms with Gasteiger partial charge < -0.3 is 9.40 Å². The van der Waals surface area contributed by atoms with Crippen LogP contribution in [0.5, 0.6) is 0 Å². The Hall–Kier alpha value is -1.09. The Labute approximate surface area is 82.6 Å². The second-order valence-electron chi connectivity index (χ2n) is 2.51. The fraction of sp³-hybridized carbons (Fsp3) is 0.300. The van der Waals surface area contributed by atoms with Crippen molar-refractivity contribution in [2.24, 2.45) is 0 Å². The molecule has 0 fully saturated rings. The van der Waals surface area contributed by atoms with E-state index in [-0.39, 0.29) is 0 Å². The first-order valence-electron chi connectivity index (χ1n) is 4.35. The first-order chi connectivity index (χ1) is 6.25. The van der Waals surface area contributed by atoms with Gasteiger partial charge in [0.1, 0.15) is 0 Å². The van der Waals surface area contributed by atoms with Crippen LogP contribution < -0.4 is 0 Å². The molecule has 0 unspecified atom stereocenters. The van der Waals surface area contributed by atoms with E-state index in [1.807, 2.05) is 39.0 Å². The number of benzene rings is 1. The summed E-state index contributed by atoms with van der Waals surface area (Å²) >= 11 is 4.83. The van der Waals surface area contributed by atoms with Crippen LogP contribution in [0, 0.1) is 11.8 Å². The normalized spacial score (nSPS) is 9.46. The zero-order chi connectivity index (χ0) is 9.84. The smallest absolute Gasteiger partial charge is 0.266 e. The average molecular weight is 195 g/mol. The molecule has 0 aliphatic carbocycles. The Kier molecular flexibility index (Phi) is 3.25. The van der Waals surface area contributed by atoms with Gasteiger partial charge in [-0.2, -0.15) is 0 Å². The molecule has 1 heterocycles. The number of fused-ring (bicyclic) bond motifs is 1. The summed E-state index contributed by atoms with van der Waals surface area (Å²) in [6.07, 6.45) is 0. The van der Waals surface area contributed by atoms with Crippen molar-refractivity contribution in [2.75, 3.05) is 0 Å². The van der Waals surface area contributed by atoms with Crippen molar-refractivity contribution in [3.05, 3.63) is 28.6 Å². The van der Waals surface area contributed by atoms with Gasteiger partial charge in [-0.25, -0.2) is 0 Å². The van der Waals surface area contributed by atoms with Crippen LogP contribution in [0.3, 0.4) is 0 Å². The molecule has 0 saturated carbocycles. The van der Waals surface area contributed by atoms with E-state index in [2.05, 4.69) is 4.98 Å². The second-order valence-corrected chi connectivity index (χ2v) is 2.88. The maximum Gasteiger partial charge on any atom is 0.266 e. The number of oxazole rings is 1. The van der Waals surface area contributed by atoms with Crippen molar-refractivity contribution in [3.8, 4) is 0 Å². The lowest BCUT2D eigenvalue weighted by Crippen LogP contribution is -1.69. The lowest BCUT2D eigenvalue weighted by atomic mass is 10.2. The summed E-state index contributed by atoms with van der Waals surface area (Å²) in [6, 6.07) is 5.94. The first kappa shape index (κ1) is 9.99. The van der Waals surface area contributed by atoms with Gasteiger partial charge >= 0.3 is 0 Å². The van der Waals surface area contributed by atoms with Crippen LogP contribution in [0.15, 0.2) is 22.6 Å². The molecule has 0 bridgehead atoms. The van der Waals surface area contributed by atoms with Gasteiger partial charge in [0.05, 0.1) is 5.52 Å². The van der Waals surface area contributed by atoms with Crippen molar-refractivity contribution >= 4 is 23.3 Å². The standard InChI is InChI=1S/C8H7NOS.C2H6/c1-5-2-3-6-7(4-5)10-8(11)9-6;1-2/h2-4H,1H3,(H,9,11);1-2H3. The first-order valence-corrected chi connectivity index (χ1v) is 4.76. The fourth-order valence-corrected chi connectivity index (χ4v) is 1.25. The van der Waals surface area contributed by atoms with Gasteiger partial charge in [0.25, 0.3) is 4.84 Å². The largest absolute Gasteiger partial charge is 0.429 e. The number of rotatable bonds is 0. The predicted octanol–water partition coefficient (Wildman–Crippen LogP) is 3.83. The summed E-state index contributed by atoms with van der Waals surface area (Å²) in [6.45, 7) is 6.02. The van der Waals surface area contributed by atoms with Gasteiger partial charge in [-0.15, -0.1) is 0 Å². The van der Waals surface area contributed by atoms with Crippen LogP contribution in [0.2, 0.25) is 0 Å². The van der Waals surface area contributed by atoms with E-state index < -0.39 is 0 Å². The van der Waals surface area contributed by atoms with Crippen molar-refractivity contribution < 1.29 is 4.42 Å². The highest BCUT2D eigenvalue weighted by Gasteiger charge is 1.96. The molecule has 1 aromatic heterocycles. The minimum absolute atomic E-state index is 0.436. The molecule has 0 aliphatic rings. The number of hydrogen-bond donors (Lipinski definition) is 1. The highest BCUT2D eigenvalue weighted by atomic mass is 32.1. The van der Waals surface area contributed by atoms with E-state index in [4.69, 9.17) is 16.6 Å². The maximum absolute atomic E-state index is 5.21. The number of aromatic nitrogens is 1. The molecular formula is C10H13NOS. The van der Waals surface area contributed by atoms with Crippen LogP contribution in [0.1, 0.15) is 19.4 Å². The molecule has 0 radical (unpaired) electrons. The second kappa shape index (κ2) is 4.23. The molecule has 13 heavy (non-hydrogen) atoms. The summed E-state index contributed by atoms with van der Waals surface area (Å²) in [5.41, 5.74) is 2.96. The van der Waals surface area contributed by atoms with Crippen molar-refractivity contribution in [3.63, 3.8) is 0 Å². The minimum atomic E-state index is 0.436. The Balaban J connectivity index is 0.000000396. The number of aryl methyl sites for hydroxylation is 1. The molecular weight excluding hydrogens is 182 g/mol. The number of nitrogens with one attached hydrogen (secondary N) is 1. The van der Waals surface area contributed by atoms with Gasteiger partial charge in [-0.3, -0.25) is 0 Å². The summed E-state index contributed by atoms with van der Waals surface area (Å²) in [4.78, 5) is 3.37. The molecule has 3 heteroatoms. The molecule has 1 aromatic carbocycles. The van der Waals surface area contributed by atoms with Gasteiger partial charge in [-0.05, 0) is 36.8 Å². The summed E-state index contributed by atoms with van der Waals surface area (Å²) < 4.78 is 5.21. The van der Waals surface area contributed by atoms with E-state index in [0.29, 0.717) is 4.84 Å². The average Bonchev–Trinajstić information content (AvgIpc) is 2.48. The highest BCUT2D eigenvalue weighted by Crippen LogP contribution is 2.14. The fourth-order valence-electron chi connectivity index (χ4n) is 1.05. The van der Waals surface area contributed by atoms with Crippen molar-refractivity contribution in [2.45, 2.75) is 20.8 Å². The van der Waals surface area contributed by atoms with Gasteiger partial charge in [0, 0.05) is 0 Å². The van der Waals surface area contributed by atoms with Gasteiger partial charge in [0.2, 0.25) is 0 Å². The summed E-state index contributed by atoms with van der Waals surface area (Å²) in [5.74, 6) is 0. The molecule has 0 atom stereocenters. The zero-order valence-electron chi connectivity index (χ0n) is 8.05. The molecule has 0 spiro atoms. The van der Waals surface area contributed by atoms with E-state index in [1.165, 1.54) is 5.56 Å². The van der Waals surface area contributed by atoms with Gasteiger partial charge in [-0.1, -0.05) is 19.9 Å². The predicted molar refractivity (Wildman–Crippen MR) is 57.5 cm³/mol. The number of H-pyrrole nitrogens is 1. The summed E-state index contributed by atoms with van der Waals surface area (Å²) in [7, 11) is 0. The van der Waals surface area contributed by atoms with Crippen LogP contribution in [0.25, 0.3) is 11.1 Å². The molecule has 2 rings (SSSR count). The van der Waals surface area contributed by atoms with Gasteiger partial charge in [0.15, 0.2) is 5.58 Å². The number of aromatic amines is 1. The van der Waals surface area contributed by atoms with E-state index in [9.17, 15) is 0 Å². The Morgan fingerprint density at radius 3 is 2.69 bits per heavy atom. The topological polar surface area (TPSA) is 28.9 Å². The third-order valence-corrected chi connectivity index (χ3v) is 1.76. The quantitative estimate of drug-likeness (QED) is 0.647. The lowest BCUT2D eigenvalue weighted by molar-refractivity contribution is 0.583.